The number of aromatic nitrogens is 1. The van der Waals surface area contributed by atoms with E-state index in [0.29, 0.717) is 22.6 Å². The molecule has 0 amide bonds. The lowest BCUT2D eigenvalue weighted by atomic mass is 10.1. The SMILES string of the molecule is NCc1cc2ccccc2c(Oc2ccc(F)c(Br)c2)n1. The van der Waals surface area contributed by atoms with Crippen LogP contribution in [0, 0.1) is 5.82 Å². The first-order chi connectivity index (χ1) is 10.2. The van der Waals surface area contributed by atoms with Gasteiger partial charge in [-0.1, -0.05) is 18.2 Å². The summed E-state index contributed by atoms with van der Waals surface area (Å²) < 4.78 is 19.4. The van der Waals surface area contributed by atoms with E-state index in [-0.39, 0.29) is 5.82 Å². The van der Waals surface area contributed by atoms with Crippen molar-refractivity contribution in [1.29, 1.82) is 0 Å². The van der Waals surface area contributed by atoms with Crippen LogP contribution in [0.3, 0.4) is 0 Å². The fraction of sp³-hybridized carbons (Fsp3) is 0.0625. The van der Waals surface area contributed by atoms with Gasteiger partial charge >= 0.3 is 0 Å². The zero-order valence-corrected chi connectivity index (χ0v) is 12.6. The fourth-order valence-corrected chi connectivity index (χ4v) is 2.41. The van der Waals surface area contributed by atoms with Gasteiger partial charge in [0, 0.05) is 11.9 Å². The van der Waals surface area contributed by atoms with Gasteiger partial charge in [-0.3, -0.25) is 0 Å². The van der Waals surface area contributed by atoms with Gasteiger partial charge in [0.2, 0.25) is 5.88 Å². The smallest absolute Gasteiger partial charge is 0.227 e. The van der Waals surface area contributed by atoms with Crippen LogP contribution in [0.15, 0.2) is 53.0 Å². The van der Waals surface area contributed by atoms with E-state index in [1.807, 2.05) is 30.3 Å². The Morgan fingerprint density at radius 2 is 1.95 bits per heavy atom. The van der Waals surface area contributed by atoms with Crippen LogP contribution in [-0.2, 0) is 6.54 Å². The van der Waals surface area contributed by atoms with Crippen molar-refractivity contribution >= 4 is 26.7 Å². The molecule has 0 radical (unpaired) electrons. The highest BCUT2D eigenvalue weighted by atomic mass is 79.9. The van der Waals surface area contributed by atoms with E-state index in [9.17, 15) is 4.39 Å². The molecule has 0 unspecified atom stereocenters. The number of benzene rings is 2. The molecule has 1 aromatic heterocycles. The molecule has 2 N–H and O–H groups in total. The van der Waals surface area contributed by atoms with Crippen molar-refractivity contribution in [3.8, 4) is 11.6 Å². The Hall–Kier alpha value is -1.98. The second-order valence-electron chi connectivity index (χ2n) is 4.52. The van der Waals surface area contributed by atoms with Gasteiger partial charge in [-0.25, -0.2) is 9.37 Å². The van der Waals surface area contributed by atoms with Gasteiger partial charge in [0.25, 0.3) is 0 Å². The summed E-state index contributed by atoms with van der Waals surface area (Å²) in [5.41, 5.74) is 6.41. The zero-order chi connectivity index (χ0) is 14.8. The van der Waals surface area contributed by atoms with Gasteiger partial charge in [0.1, 0.15) is 11.6 Å². The number of halogens is 2. The largest absolute Gasteiger partial charge is 0.438 e. The quantitative estimate of drug-likeness (QED) is 0.765. The van der Waals surface area contributed by atoms with Gasteiger partial charge in [0.15, 0.2) is 0 Å². The third-order valence-electron chi connectivity index (χ3n) is 3.07. The van der Waals surface area contributed by atoms with Crippen molar-refractivity contribution in [1.82, 2.24) is 4.98 Å². The van der Waals surface area contributed by atoms with E-state index in [0.717, 1.165) is 16.5 Å². The van der Waals surface area contributed by atoms with E-state index in [2.05, 4.69) is 20.9 Å². The lowest BCUT2D eigenvalue weighted by Gasteiger charge is -2.10. The molecular formula is C16H12BrFN2O. The molecule has 0 saturated heterocycles. The van der Waals surface area contributed by atoms with Crippen LogP contribution in [0.1, 0.15) is 5.69 Å². The summed E-state index contributed by atoms with van der Waals surface area (Å²) >= 11 is 3.14. The first-order valence-corrected chi connectivity index (χ1v) is 7.18. The van der Waals surface area contributed by atoms with Crippen LogP contribution in [0.4, 0.5) is 4.39 Å². The Labute approximate surface area is 129 Å². The van der Waals surface area contributed by atoms with Crippen molar-refractivity contribution in [2.45, 2.75) is 6.54 Å². The number of rotatable bonds is 3. The normalized spacial score (nSPS) is 10.8. The van der Waals surface area contributed by atoms with Gasteiger partial charge in [-0.15, -0.1) is 0 Å². The van der Waals surface area contributed by atoms with Gasteiger partial charge in [-0.2, -0.15) is 0 Å². The van der Waals surface area contributed by atoms with E-state index < -0.39 is 0 Å². The average Bonchev–Trinajstić information content (AvgIpc) is 2.51. The van der Waals surface area contributed by atoms with E-state index >= 15 is 0 Å². The number of hydrogen-bond acceptors (Lipinski definition) is 3. The summed E-state index contributed by atoms with van der Waals surface area (Å²) in [6.07, 6.45) is 0. The second-order valence-corrected chi connectivity index (χ2v) is 5.38. The van der Waals surface area contributed by atoms with Crippen molar-refractivity contribution in [3.05, 3.63) is 64.5 Å². The summed E-state index contributed by atoms with van der Waals surface area (Å²) in [5, 5.41) is 1.89. The molecule has 106 valence electrons. The standard InChI is InChI=1S/C16H12BrFN2O/c17-14-8-12(5-6-15(14)18)21-16-13-4-2-1-3-10(13)7-11(9-19)20-16/h1-8H,9,19H2. The van der Waals surface area contributed by atoms with Crippen molar-refractivity contribution in [2.24, 2.45) is 5.73 Å². The van der Waals surface area contributed by atoms with Gasteiger partial charge in [0.05, 0.1) is 10.2 Å². The van der Waals surface area contributed by atoms with Crippen molar-refractivity contribution in [3.63, 3.8) is 0 Å². The molecule has 1 heterocycles. The predicted molar refractivity (Wildman–Crippen MR) is 83.8 cm³/mol. The summed E-state index contributed by atoms with van der Waals surface area (Å²) in [7, 11) is 0. The summed E-state index contributed by atoms with van der Waals surface area (Å²) in [6, 6.07) is 14.2. The molecule has 0 aliphatic heterocycles. The summed E-state index contributed by atoms with van der Waals surface area (Å²) in [6.45, 7) is 0.328. The number of ether oxygens (including phenoxy) is 1. The maximum Gasteiger partial charge on any atom is 0.227 e. The molecule has 0 aliphatic rings. The van der Waals surface area contributed by atoms with E-state index in [4.69, 9.17) is 10.5 Å². The van der Waals surface area contributed by atoms with Crippen LogP contribution in [0.2, 0.25) is 0 Å². The molecule has 5 heteroatoms. The lowest BCUT2D eigenvalue weighted by molar-refractivity contribution is 0.464. The summed E-state index contributed by atoms with van der Waals surface area (Å²) in [4.78, 5) is 4.41. The molecule has 0 atom stereocenters. The molecule has 3 aromatic rings. The van der Waals surface area contributed by atoms with Crippen LogP contribution >= 0.6 is 15.9 Å². The molecule has 21 heavy (non-hydrogen) atoms. The predicted octanol–water partition coefficient (Wildman–Crippen LogP) is 4.39. The maximum atomic E-state index is 13.3. The minimum Gasteiger partial charge on any atom is -0.438 e. The van der Waals surface area contributed by atoms with Gasteiger partial charge in [-0.05, 0) is 51.6 Å². The minimum atomic E-state index is -0.337. The maximum absolute atomic E-state index is 13.3. The van der Waals surface area contributed by atoms with Crippen LogP contribution in [0.25, 0.3) is 10.8 Å². The highest BCUT2D eigenvalue weighted by molar-refractivity contribution is 9.10. The lowest BCUT2D eigenvalue weighted by Crippen LogP contribution is -2.01. The minimum absolute atomic E-state index is 0.328. The van der Waals surface area contributed by atoms with Crippen LogP contribution < -0.4 is 10.5 Å². The van der Waals surface area contributed by atoms with Crippen molar-refractivity contribution < 1.29 is 9.13 Å². The first kappa shape index (κ1) is 14.0. The molecular weight excluding hydrogens is 335 g/mol. The molecule has 3 rings (SSSR count). The number of fused-ring (bicyclic) bond motifs is 1. The third-order valence-corrected chi connectivity index (χ3v) is 3.68. The summed E-state index contributed by atoms with van der Waals surface area (Å²) in [5.74, 6) is 0.637. The van der Waals surface area contributed by atoms with Crippen molar-refractivity contribution in [2.75, 3.05) is 0 Å². The molecule has 3 nitrogen and oxygen atoms in total. The molecule has 0 bridgehead atoms. The Kier molecular flexibility index (Phi) is 3.86. The molecule has 0 aliphatic carbocycles. The second kappa shape index (κ2) is 5.79. The number of nitrogens with two attached hydrogens (primary N) is 1. The Balaban J connectivity index is 2.08. The fourth-order valence-electron chi connectivity index (χ4n) is 2.05. The molecule has 2 aromatic carbocycles. The Bertz CT molecular complexity index is 807. The monoisotopic (exact) mass is 346 g/mol. The Morgan fingerprint density at radius 3 is 2.71 bits per heavy atom. The highest BCUT2D eigenvalue weighted by Gasteiger charge is 2.09. The van der Waals surface area contributed by atoms with E-state index in [1.54, 1.807) is 12.1 Å². The van der Waals surface area contributed by atoms with Crippen LogP contribution in [-0.4, -0.2) is 4.98 Å². The topological polar surface area (TPSA) is 48.1 Å². The zero-order valence-electron chi connectivity index (χ0n) is 11.0. The highest BCUT2D eigenvalue weighted by Crippen LogP contribution is 2.30. The third kappa shape index (κ3) is 2.89. The molecule has 0 spiro atoms. The number of nitrogens with zero attached hydrogens (tertiary/aromatic N) is 1. The number of hydrogen-bond donors (Lipinski definition) is 1. The van der Waals surface area contributed by atoms with Crippen LogP contribution in [0.5, 0.6) is 11.6 Å². The Morgan fingerprint density at radius 1 is 1.14 bits per heavy atom. The molecule has 0 saturated carbocycles. The van der Waals surface area contributed by atoms with Gasteiger partial charge < -0.3 is 10.5 Å². The average molecular weight is 347 g/mol. The number of pyridine rings is 1. The van der Waals surface area contributed by atoms with E-state index in [1.165, 1.54) is 6.07 Å². The molecule has 0 fully saturated rings. The first-order valence-electron chi connectivity index (χ1n) is 6.39.